The van der Waals surface area contributed by atoms with E-state index in [4.69, 9.17) is 30.2 Å². The monoisotopic (exact) mass is 476 g/mol. The number of aliphatic hydroxyl groups is 4. The molecule has 0 aliphatic heterocycles. The number of hydrogen-bond acceptors (Lipinski definition) is 8. The normalized spacial score (nSPS) is 10.8. The van der Waals surface area contributed by atoms with Gasteiger partial charge in [-0.25, -0.2) is 4.57 Å². The first-order chi connectivity index (χ1) is 14.9. The van der Waals surface area contributed by atoms with Crippen molar-refractivity contribution in [3.63, 3.8) is 0 Å². The molecule has 0 amide bonds. The minimum absolute atomic E-state index is 0.139. The van der Waals surface area contributed by atoms with Crippen molar-refractivity contribution in [2.24, 2.45) is 0 Å². The summed E-state index contributed by atoms with van der Waals surface area (Å²) in [6.07, 6.45) is 12.0. The fourth-order valence-corrected chi connectivity index (χ4v) is 2.71. The standard InChI is InChI=1S/C12H27O4P.2C4H11NO2/c1-2-3-4-5-6-7-8-9-10-11-12-16-17(13,14)15;2*6-3-1-5-2-4-7/h2-12H2,1H3,(H2,13,14,15);2*5-7H,1-4H2. The second-order valence-electron chi connectivity index (χ2n) is 6.90. The summed E-state index contributed by atoms with van der Waals surface area (Å²) < 4.78 is 14.7. The summed E-state index contributed by atoms with van der Waals surface area (Å²) in [5, 5.41) is 38.2. The van der Waals surface area contributed by atoms with Crippen LogP contribution < -0.4 is 10.6 Å². The number of phosphoric ester groups is 1. The summed E-state index contributed by atoms with van der Waals surface area (Å²) in [5.74, 6) is 0. The minimum atomic E-state index is -4.24. The third-order valence-electron chi connectivity index (χ3n) is 3.91. The van der Waals surface area contributed by atoms with E-state index in [1.165, 1.54) is 44.9 Å². The highest BCUT2D eigenvalue weighted by atomic mass is 31.2. The van der Waals surface area contributed by atoms with E-state index in [9.17, 15) is 4.57 Å². The Morgan fingerprint density at radius 2 is 0.935 bits per heavy atom. The van der Waals surface area contributed by atoms with Crippen molar-refractivity contribution in [3.8, 4) is 0 Å². The Bertz CT molecular complexity index is 331. The number of rotatable bonds is 20. The molecule has 0 heterocycles. The average molecular weight is 477 g/mol. The molecule has 31 heavy (non-hydrogen) atoms. The van der Waals surface area contributed by atoms with Crippen LogP contribution >= 0.6 is 7.82 Å². The molecule has 0 spiro atoms. The van der Waals surface area contributed by atoms with Gasteiger partial charge >= 0.3 is 7.82 Å². The van der Waals surface area contributed by atoms with Gasteiger partial charge in [-0.2, -0.15) is 0 Å². The van der Waals surface area contributed by atoms with Gasteiger partial charge < -0.3 is 40.8 Å². The maximum absolute atomic E-state index is 10.4. The molecule has 11 heteroatoms. The first-order valence-electron chi connectivity index (χ1n) is 11.4. The quantitative estimate of drug-likeness (QED) is 0.0941. The third-order valence-corrected chi connectivity index (χ3v) is 4.43. The van der Waals surface area contributed by atoms with Crippen LogP contribution in [-0.4, -0.2) is 89.4 Å². The molecule has 0 rings (SSSR count). The van der Waals surface area contributed by atoms with Crippen LogP contribution in [0.25, 0.3) is 0 Å². The van der Waals surface area contributed by atoms with Crippen molar-refractivity contribution < 1.29 is 39.3 Å². The van der Waals surface area contributed by atoms with Gasteiger partial charge in [-0.05, 0) is 6.42 Å². The third kappa shape index (κ3) is 48.5. The molecule has 0 saturated heterocycles. The Kier molecular flexibility index (Phi) is 36.7. The van der Waals surface area contributed by atoms with E-state index in [1.807, 2.05) is 0 Å². The molecule has 0 aromatic heterocycles. The molecule has 0 fully saturated rings. The van der Waals surface area contributed by atoms with Crippen molar-refractivity contribution in [2.75, 3.05) is 59.2 Å². The Morgan fingerprint density at radius 3 is 1.23 bits per heavy atom. The Morgan fingerprint density at radius 1 is 0.613 bits per heavy atom. The Hall–Kier alpha value is -0.130. The van der Waals surface area contributed by atoms with Crippen LogP contribution in [0.1, 0.15) is 71.1 Å². The highest BCUT2D eigenvalue weighted by Gasteiger charge is 2.12. The molecule has 0 aromatic carbocycles. The lowest BCUT2D eigenvalue weighted by atomic mass is 10.1. The lowest BCUT2D eigenvalue weighted by Crippen LogP contribution is -2.21. The minimum Gasteiger partial charge on any atom is -0.395 e. The van der Waals surface area contributed by atoms with E-state index in [2.05, 4.69) is 22.1 Å². The first kappa shape index (κ1) is 35.5. The maximum Gasteiger partial charge on any atom is 0.469 e. The van der Waals surface area contributed by atoms with Crippen molar-refractivity contribution in [2.45, 2.75) is 71.1 Å². The highest BCUT2D eigenvalue weighted by molar-refractivity contribution is 7.46. The van der Waals surface area contributed by atoms with Crippen LogP contribution in [0.5, 0.6) is 0 Å². The number of unbranched alkanes of at least 4 members (excludes halogenated alkanes) is 9. The van der Waals surface area contributed by atoms with Gasteiger partial charge in [0, 0.05) is 26.2 Å². The molecule has 0 radical (unpaired) electrons. The van der Waals surface area contributed by atoms with Crippen LogP contribution in [0.2, 0.25) is 0 Å². The van der Waals surface area contributed by atoms with Crippen LogP contribution in [-0.2, 0) is 9.09 Å². The van der Waals surface area contributed by atoms with E-state index in [1.54, 1.807) is 0 Å². The zero-order valence-corrected chi connectivity index (χ0v) is 20.3. The van der Waals surface area contributed by atoms with Crippen LogP contribution in [0, 0.1) is 0 Å². The summed E-state index contributed by atoms with van der Waals surface area (Å²) in [5.41, 5.74) is 0. The molecule has 8 N–H and O–H groups in total. The molecule has 0 unspecified atom stereocenters. The van der Waals surface area contributed by atoms with Crippen LogP contribution in [0.4, 0.5) is 0 Å². The van der Waals surface area contributed by atoms with E-state index >= 15 is 0 Å². The van der Waals surface area contributed by atoms with Crippen molar-refractivity contribution in [1.29, 1.82) is 0 Å². The highest BCUT2D eigenvalue weighted by Crippen LogP contribution is 2.35. The fraction of sp³-hybridized carbons (Fsp3) is 1.00. The van der Waals surface area contributed by atoms with E-state index in [0.29, 0.717) is 26.2 Å². The zero-order valence-electron chi connectivity index (χ0n) is 19.4. The first-order valence-corrected chi connectivity index (χ1v) is 13.0. The van der Waals surface area contributed by atoms with Gasteiger partial charge in [-0.3, -0.25) is 4.52 Å². The molecule has 192 valence electrons. The van der Waals surface area contributed by atoms with Gasteiger partial charge in [-0.1, -0.05) is 64.7 Å². The molecule has 0 aromatic rings. The topological polar surface area (TPSA) is 172 Å². The van der Waals surface area contributed by atoms with Gasteiger partial charge in [0.2, 0.25) is 0 Å². The number of hydrogen-bond donors (Lipinski definition) is 8. The van der Waals surface area contributed by atoms with Crippen molar-refractivity contribution in [3.05, 3.63) is 0 Å². The predicted molar refractivity (Wildman–Crippen MR) is 124 cm³/mol. The van der Waals surface area contributed by atoms with Gasteiger partial charge in [0.05, 0.1) is 33.0 Å². The molecule has 0 bridgehead atoms. The molecule has 0 saturated carbocycles. The van der Waals surface area contributed by atoms with Gasteiger partial charge in [0.1, 0.15) is 0 Å². The predicted octanol–water partition coefficient (Wildman–Crippen LogP) is 1.14. The summed E-state index contributed by atoms with van der Waals surface area (Å²) in [4.78, 5) is 16.9. The second kappa shape index (κ2) is 32.1. The average Bonchev–Trinajstić information content (AvgIpc) is 2.73. The summed E-state index contributed by atoms with van der Waals surface area (Å²) >= 11 is 0. The van der Waals surface area contributed by atoms with E-state index in [0.717, 1.165) is 19.3 Å². The van der Waals surface area contributed by atoms with Crippen molar-refractivity contribution in [1.82, 2.24) is 10.6 Å². The molecule has 0 aliphatic carbocycles. The summed E-state index contributed by atoms with van der Waals surface area (Å²) in [6, 6.07) is 0. The fourth-order valence-electron chi connectivity index (χ4n) is 2.34. The van der Waals surface area contributed by atoms with Gasteiger partial charge in [0.25, 0.3) is 0 Å². The summed E-state index contributed by atoms with van der Waals surface area (Å²) in [6.45, 7) is 5.22. The number of aliphatic hydroxyl groups excluding tert-OH is 4. The summed E-state index contributed by atoms with van der Waals surface area (Å²) in [7, 11) is -4.24. The van der Waals surface area contributed by atoms with Gasteiger partial charge in [-0.15, -0.1) is 0 Å². The van der Waals surface area contributed by atoms with Gasteiger partial charge in [0.15, 0.2) is 0 Å². The molecular weight excluding hydrogens is 427 g/mol. The smallest absolute Gasteiger partial charge is 0.395 e. The molecular formula is C20H49N2O8P. The zero-order chi connectivity index (χ0) is 24.1. The Labute approximate surface area is 188 Å². The maximum atomic E-state index is 10.4. The SMILES string of the molecule is CCCCCCCCCCCCOP(=O)(O)O.OCCNCCO.OCCNCCO. The Balaban J connectivity index is -0.000000460. The lowest BCUT2D eigenvalue weighted by Gasteiger charge is -2.05. The lowest BCUT2D eigenvalue weighted by molar-refractivity contribution is 0.193. The number of nitrogens with one attached hydrogen (secondary N) is 2. The molecule has 10 nitrogen and oxygen atoms in total. The van der Waals surface area contributed by atoms with Crippen molar-refractivity contribution >= 4 is 7.82 Å². The second-order valence-corrected chi connectivity index (χ2v) is 8.14. The van der Waals surface area contributed by atoms with E-state index in [-0.39, 0.29) is 33.0 Å². The van der Waals surface area contributed by atoms with Crippen LogP contribution in [0.3, 0.4) is 0 Å². The molecule has 0 atom stereocenters. The number of phosphoric acid groups is 1. The van der Waals surface area contributed by atoms with Crippen LogP contribution in [0.15, 0.2) is 0 Å². The van der Waals surface area contributed by atoms with E-state index < -0.39 is 7.82 Å². The molecule has 0 aliphatic rings. The largest absolute Gasteiger partial charge is 0.469 e.